The second-order valence-corrected chi connectivity index (χ2v) is 6.27. The van der Waals surface area contributed by atoms with Crippen molar-refractivity contribution in [3.63, 3.8) is 0 Å². The number of para-hydroxylation sites is 2. The number of hydrogen-bond acceptors (Lipinski definition) is 1. The van der Waals surface area contributed by atoms with Gasteiger partial charge < -0.3 is 0 Å². The van der Waals surface area contributed by atoms with Crippen molar-refractivity contribution in [2.24, 2.45) is 0 Å². The van der Waals surface area contributed by atoms with E-state index in [1.165, 1.54) is 0 Å². The zero-order valence-electron chi connectivity index (χ0n) is 10.9. The normalized spacial score (nSPS) is 14.5. The summed E-state index contributed by atoms with van der Waals surface area (Å²) in [6.45, 7) is 1.51. The topological polar surface area (TPSA) is 6.25 Å². The molecule has 21 heavy (non-hydrogen) atoms. The van der Waals surface area contributed by atoms with Crippen LogP contribution in [0.1, 0.15) is 0 Å². The summed E-state index contributed by atoms with van der Waals surface area (Å²) >= 11 is 25.0. The fourth-order valence-corrected chi connectivity index (χ4v) is 3.59. The van der Waals surface area contributed by atoms with Crippen LogP contribution < -0.4 is 4.90 Å². The largest absolute Gasteiger partial charge is 0.244 e. The molecule has 0 saturated heterocycles. The molecule has 1 aliphatic rings. The molecule has 0 radical (unpaired) electrons. The van der Waals surface area contributed by atoms with E-state index >= 15 is 0 Å². The van der Waals surface area contributed by atoms with Gasteiger partial charge in [0.2, 0.25) is 6.34 Å². The summed E-state index contributed by atoms with van der Waals surface area (Å²) in [4.78, 5) is 2.00. The highest BCUT2D eigenvalue weighted by atomic mass is 35.5. The Bertz CT molecular complexity index is 687. The summed E-state index contributed by atoms with van der Waals surface area (Å²) in [6, 6.07) is 10.9. The minimum atomic E-state index is 0.617. The first-order valence-electron chi connectivity index (χ1n) is 6.34. The number of anilines is 1. The SMILES string of the molecule is Clc1cccc(Cl)c1N1C=[N+](c2c(Cl)cccc2Cl)CC1. The average Bonchev–Trinajstić information content (AvgIpc) is 2.87. The number of nitrogens with zero attached hydrogens (tertiary/aromatic N) is 2. The number of halogens is 4. The third-order valence-corrected chi connectivity index (χ3v) is 4.53. The molecule has 1 heterocycles. The van der Waals surface area contributed by atoms with Gasteiger partial charge in [-0.3, -0.25) is 0 Å². The lowest BCUT2D eigenvalue weighted by atomic mass is 10.3. The predicted octanol–water partition coefficient (Wildman–Crippen LogP) is 5.49. The Labute approximate surface area is 143 Å². The van der Waals surface area contributed by atoms with Gasteiger partial charge in [-0.05, 0) is 24.3 Å². The van der Waals surface area contributed by atoms with Crippen molar-refractivity contribution in [3.05, 3.63) is 56.5 Å². The minimum Gasteiger partial charge on any atom is -0.227 e. The summed E-state index contributed by atoms with van der Waals surface area (Å²) in [5, 5.41) is 2.47. The lowest BCUT2D eigenvalue weighted by molar-refractivity contribution is -0.423. The molecule has 6 heteroatoms. The van der Waals surface area contributed by atoms with Gasteiger partial charge in [0.05, 0.1) is 20.1 Å². The molecule has 2 nitrogen and oxygen atoms in total. The van der Waals surface area contributed by atoms with Gasteiger partial charge in [-0.2, -0.15) is 0 Å². The highest BCUT2D eigenvalue weighted by Gasteiger charge is 2.28. The summed E-state index contributed by atoms with van der Waals surface area (Å²) in [5.74, 6) is 0. The average molecular weight is 361 g/mol. The molecule has 0 bridgehead atoms. The van der Waals surface area contributed by atoms with E-state index in [-0.39, 0.29) is 0 Å². The maximum atomic E-state index is 6.25. The van der Waals surface area contributed by atoms with Crippen molar-refractivity contribution in [1.82, 2.24) is 0 Å². The van der Waals surface area contributed by atoms with Crippen LogP contribution in [0.4, 0.5) is 11.4 Å². The molecular formula is C15H11Cl4N2+. The molecular weight excluding hydrogens is 350 g/mol. The summed E-state index contributed by atoms with van der Waals surface area (Å²) in [7, 11) is 0. The maximum Gasteiger partial charge on any atom is 0.244 e. The van der Waals surface area contributed by atoms with Crippen molar-refractivity contribution in [2.45, 2.75) is 0 Å². The third kappa shape index (κ3) is 2.86. The van der Waals surface area contributed by atoms with Crippen LogP contribution in [-0.2, 0) is 0 Å². The molecule has 3 rings (SSSR count). The Morgan fingerprint density at radius 1 is 0.810 bits per heavy atom. The first kappa shape index (κ1) is 15.0. The zero-order valence-corrected chi connectivity index (χ0v) is 13.9. The highest BCUT2D eigenvalue weighted by Crippen LogP contribution is 2.36. The van der Waals surface area contributed by atoms with Crippen LogP contribution in [0.2, 0.25) is 20.1 Å². The summed E-state index contributed by atoms with van der Waals surface area (Å²) in [6.07, 6.45) is 1.93. The smallest absolute Gasteiger partial charge is 0.227 e. The van der Waals surface area contributed by atoms with Gasteiger partial charge in [-0.1, -0.05) is 58.5 Å². The molecule has 0 aliphatic carbocycles. The van der Waals surface area contributed by atoms with Crippen molar-refractivity contribution >= 4 is 64.1 Å². The highest BCUT2D eigenvalue weighted by molar-refractivity contribution is 6.40. The molecule has 0 fully saturated rings. The van der Waals surface area contributed by atoms with E-state index in [2.05, 4.69) is 0 Å². The Hall–Kier alpha value is -0.930. The molecule has 108 valence electrons. The lowest BCUT2D eigenvalue weighted by Crippen LogP contribution is -2.18. The Morgan fingerprint density at radius 2 is 1.33 bits per heavy atom. The van der Waals surface area contributed by atoms with Crippen LogP contribution >= 0.6 is 46.4 Å². The van der Waals surface area contributed by atoms with Gasteiger partial charge in [0.1, 0.15) is 13.1 Å². The lowest BCUT2D eigenvalue weighted by Gasteiger charge is -2.09. The maximum absolute atomic E-state index is 6.25. The monoisotopic (exact) mass is 359 g/mol. The Kier molecular flexibility index (Phi) is 4.32. The molecule has 2 aromatic rings. The van der Waals surface area contributed by atoms with Crippen molar-refractivity contribution in [2.75, 3.05) is 18.0 Å². The van der Waals surface area contributed by atoms with Crippen molar-refractivity contribution in [1.29, 1.82) is 0 Å². The van der Waals surface area contributed by atoms with E-state index < -0.39 is 0 Å². The van der Waals surface area contributed by atoms with Gasteiger partial charge in [0, 0.05) is 0 Å². The van der Waals surface area contributed by atoms with E-state index in [4.69, 9.17) is 46.4 Å². The van der Waals surface area contributed by atoms with Gasteiger partial charge in [0.25, 0.3) is 0 Å². The van der Waals surface area contributed by atoms with Crippen LogP contribution in [0, 0.1) is 0 Å². The van der Waals surface area contributed by atoms with E-state index in [0.717, 1.165) is 24.5 Å². The van der Waals surface area contributed by atoms with E-state index in [0.29, 0.717) is 20.1 Å². The fraction of sp³-hybridized carbons (Fsp3) is 0.133. The first-order valence-corrected chi connectivity index (χ1v) is 7.85. The predicted molar refractivity (Wildman–Crippen MR) is 91.1 cm³/mol. The fourth-order valence-electron chi connectivity index (χ4n) is 2.37. The molecule has 0 amide bonds. The zero-order chi connectivity index (χ0) is 15.0. The molecule has 0 saturated carbocycles. The second kappa shape index (κ2) is 6.05. The molecule has 0 aromatic heterocycles. The van der Waals surface area contributed by atoms with Crippen molar-refractivity contribution in [3.8, 4) is 0 Å². The second-order valence-electron chi connectivity index (χ2n) is 4.64. The van der Waals surface area contributed by atoms with Crippen LogP contribution in [0.5, 0.6) is 0 Å². The molecule has 1 aliphatic heterocycles. The third-order valence-electron chi connectivity index (χ3n) is 3.31. The van der Waals surface area contributed by atoms with Gasteiger partial charge in [-0.25, -0.2) is 9.48 Å². The van der Waals surface area contributed by atoms with Crippen LogP contribution in [0.25, 0.3) is 0 Å². The van der Waals surface area contributed by atoms with E-state index in [9.17, 15) is 0 Å². The van der Waals surface area contributed by atoms with Crippen LogP contribution in [0.3, 0.4) is 0 Å². The first-order chi connectivity index (χ1) is 10.1. The van der Waals surface area contributed by atoms with Gasteiger partial charge in [-0.15, -0.1) is 0 Å². The Morgan fingerprint density at radius 3 is 1.90 bits per heavy atom. The standard InChI is InChI=1S/C15H11Cl4N2/c16-10-3-1-4-11(17)14(10)20-7-8-21(9-20)15-12(18)5-2-6-13(15)19/h1-6,9H,7-8H2/q+1. The van der Waals surface area contributed by atoms with Crippen LogP contribution in [0.15, 0.2) is 36.4 Å². The molecule has 0 unspecified atom stereocenters. The van der Waals surface area contributed by atoms with Crippen LogP contribution in [-0.4, -0.2) is 24.0 Å². The number of hydrogen-bond donors (Lipinski definition) is 0. The quantitative estimate of drug-likeness (QED) is 0.641. The summed E-state index contributed by atoms with van der Waals surface area (Å²) in [5.41, 5.74) is 1.60. The summed E-state index contributed by atoms with van der Waals surface area (Å²) < 4.78 is 2.00. The Balaban J connectivity index is 2.02. The molecule has 0 atom stereocenters. The van der Waals surface area contributed by atoms with Gasteiger partial charge >= 0.3 is 0 Å². The van der Waals surface area contributed by atoms with Crippen molar-refractivity contribution < 1.29 is 4.58 Å². The van der Waals surface area contributed by atoms with Gasteiger partial charge in [0.15, 0.2) is 11.4 Å². The molecule has 0 N–H and O–H groups in total. The number of benzene rings is 2. The number of rotatable bonds is 2. The van der Waals surface area contributed by atoms with E-state index in [1.54, 1.807) is 0 Å². The van der Waals surface area contributed by atoms with E-state index in [1.807, 2.05) is 52.2 Å². The minimum absolute atomic E-state index is 0.617. The molecule has 2 aromatic carbocycles. The molecule has 0 spiro atoms.